The van der Waals surface area contributed by atoms with Gasteiger partial charge in [0.15, 0.2) is 0 Å². The number of hydrogen-bond donors (Lipinski definition) is 3. The van der Waals surface area contributed by atoms with Gasteiger partial charge < -0.3 is 16.5 Å². The third kappa shape index (κ3) is 1.83. The van der Waals surface area contributed by atoms with Crippen molar-refractivity contribution in [1.29, 1.82) is 0 Å². The summed E-state index contributed by atoms with van der Waals surface area (Å²) in [6.07, 6.45) is 3.85. The highest BCUT2D eigenvalue weighted by molar-refractivity contribution is 8.02. The van der Waals surface area contributed by atoms with Crippen molar-refractivity contribution in [2.75, 3.05) is 0 Å². The lowest BCUT2D eigenvalue weighted by Gasteiger charge is -2.49. The van der Waals surface area contributed by atoms with Crippen molar-refractivity contribution in [3.05, 3.63) is 54.4 Å². The predicted octanol–water partition coefficient (Wildman–Crippen LogP) is 2.80. The van der Waals surface area contributed by atoms with E-state index in [1.54, 1.807) is 11.8 Å². The van der Waals surface area contributed by atoms with Crippen LogP contribution < -0.4 is 11.5 Å². The molecule has 0 radical (unpaired) electrons. The molecule has 2 aromatic heterocycles. The fraction of sp³-hybridized carbons (Fsp3) is 0.235. The quantitative estimate of drug-likeness (QED) is 0.680. The Morgan fingerprint density at radius 2 is 2.00 bits per heavy atom. The van der Waals surface area contributed by atoms with E-state index in [0.29, 0.717) is 5.25 Å². The van der Waals surface area contributed by atoms with E-state index in [0.717, 1.165) is 27.7 Å². The molecule has 3 heterocycles. The molecule has 1 aliphatic rings. The smallest absolute Gasteiger partial charge is 0.137 e. The maximum Gasteiger partial charge on any atom is 0.137 e. The van der Waals surface area contributed by atoms with Gasteiger partial charge in [0.25, 0.3) is 0 Å². The standard InChI is InChI=1S/C17H18N4S/c1-10-17(19,16(18)22-10)14-9-21-15-13(14)7-12(8-20-15)11-5-3-2-4-6-11/h2-10,16H,18-19H2,1H3,(H,20,21)/t10?,16?,17-/m1/s1. The molecule has 0 spiro atoms. The Balaban J connectivity index is 1.88. The Hall–Kier alpha value is -1.82. The van der Waals surface area contributed by atoms with Crippen LogP contribution in [-0.2, 0) is 5.54 Å². The van der Waals surface area contributed by atoms with Crippen molar-refractivity contribution in [1.82, 2.24) is 9.97 Å². The topological polar surface area (TPSA) is 80.7 Å². The Bertz CT molecular complexity index is 819. The summed E-state index contributed by atoms with van der Waals surface area (Å²) in [5.74, 6) is 0. The van der Waals surface area contributed by atoms with Gasteiger partial charge in [-0.15, -0.1) is 11.8 Å². The maximum atomic E-state index is 6.62. The summed E-state index contributed by atoms with van der Waals surface area (Å²) in [6.45, 7) is 2.13. The Kier molecular flexibility index (Phi) is 3.04. The molecular weight excluding hydrogens is 292 g/mol. The lowest BCUT2D eigenvalue weighted by molar-refractivity contribution is 0.390. The van der Waals surface area contributed by atoms with E-state index < -0.39 is 5.54 Å². The van der Waals surface area contributed by atoms with Gasteiger partial charge in [0.2, 0.25) is 0 Å². The van der Waals surface area contributed by atoms with Gasteiger partial charge >= 0.3 is 0 Å². The van der Waals surface area contributed by atoms with Crippen LogP contribution in [0.15, 0.2) is 48.8 Å². The van der Waals surface area contributed by atoms with Gasteiger partial charge in [-0.1, -0.05) is 37.3 Å². The molecule has 5 N–H and O–H groups in total. The summed E-state index contributed by atoms with van der Waals surface area (Å²) >= 11 is 1.72. The third-order valence-electron chi connectivity index (χ3n) is 4.60. The molecule has 4 rings (SSSR count). The van der Waals surface area contributed by atoms with Crippen LogP contribution in [0.25, 0.3) is 22.2 Å². The second-order valence-electron chi connectivity index (χ2n) is 5.82. The van der Waals surface area contributed by atoms with Gasteiger partial charge in [0.05, 0.1) is 10.9 Å². The minimum atomic E-state index is -0.500. The summed E-state index contributed by atoms with van der Waals surface area (Å²) in [5.41, 5.74) is 16.5. The van der Waals surface area contributed by atoms with E-state index in [-0.39, 0.29) is 5.37 Å². The molecular formula is C17H18N4S. The van der Waals surface area contributed by atoms with Crippen LogP contribution in [0.2, 0.25) is 0 Å². The molecule has 1 aliphatic heterocycles. The van der Waals surface area contributed by atoms with Crippen LogP contribution in [-0.4, -0.2) is 20.6 Å². The fourth-order valence-corrected chi connectivity index (χ4v) is 4.40. The first-order valence-corrected chi connectivity index (χ1v) is 8.28. The number of fused-ring (bicyclic) bond motifs is 1. The summed E-state index contributed by atoms with van der Waals surface area (Å²) < 4.78 is 0. The summed E-state index contributed by atoms with van der Waals surface area (Å²) in [4.78, 5) is 7.77. The normalized spacial score (nSPS) is 27.8. The van der Waals surface area contributed by atoms with E-state index in [9.17, 15) is 0 Å². The Labute approximate surface area is 133 Å². The molecule has 1 fully saturated rings. The molecule has 5 heteroatoms. The van der Waals surface area contributed by atoms with E-state index >= 15 is 0 Å². The first kappa shape index (κ1) is 13.8. The number of nitrogens with two attached hydrogens (primary N) is 2. The molecule has 3 aromatic rings. The average molecular weight is 310 g/mol. The highest BCUT2D eigenvalue weighted by atomic mass is 32.2. The van der Waals surface area contributed by atoms with Crippen molar-refractivity contribution in [3.8, 4) is 11.1 Å². The van der Waals surface area contributed by atoms with Gasteiger partial charge in [0.1, 0.15) is 5.65 Å². The Morgan fingerprint density at radius 3 is 2.68 bits per heavy atom. The van der Waals surface area contributed by atoms with Crippen molar-refractivity contribution in [2.24, 2.45) is 11.5 Å². The van der Waals surface area contributed by atoms with Gasteiger partial charge in [-0.25, -0.2) is 4.98 Å². The second-order valence-corrected chi connectivity index (χ2v) is 7.31. The van der Waals surface area contributed by atoms with Crippen molar-refractivity contribution in [2.45, 2.75) is 23.1 Å². The monoisotopic (exact) mass is 310 g/mol. The summed E-state index contributed by atoms with van der Waals surface area (Å²) in [7, 11) is 0. The zero-order valence-corrected chi connectivity index (χ0v) is 13.1. The highest BCUT2D eigenvalue weighted by Crippen LogP contribution is 2.49. The lowest BCUT2D eigenvalue weighted by atomic mass is 9.86. The number of aromatic amines is 1. The largest absolute Gasteiger partial charge is 0.346 e. The zero-order chi connectivity index (χ0) is 15.3. The van der Waals surface area contributed by atoms with E-state index in [4.69, 9.17) is 11.5 Å². The van der Waals surface area contributed by atoms with Gasteiger partial charge in [0, 0.05) is 34.2 Å². The minimum Gasteiger partial charge on any atom is -0.346 e. The molecule has 4 nitrogen and oxygen atoms in total. The third-order valence-corrected chi connectivity index (χ3v) is 6.08. The number of nitrogens with zero attached hydrogens (tertiary/aromatic N) is 1. The number of benzene rings is 1. The molecule has 3 atom stereocenters. The molecule has 2 unspecified atom stereocenters. The van der Waals surface area contributed by atoms with Crippen LogP contribution in [0.1, 0.15) is 12.5 Å². The van der Waals surface area contributed by atoms with Crippen LogP contribution in [0.4, 0.5) is 0 Å². The first-order valence-electron chi connectivity index (χ1n) is 7.33. The van der Waals surface area contributed by atoms with Crippen molar-refractivity contribution in [3.63, 3.8) is 0 Å². The van der Waals surface area contributed by atoms with Gasteiger partial charge in [-0.2, -0.15) is 0 Å². The number of pyridine rings is 1. The number of hydrogen-bond acceptors (Lipinski definition) is 4. The highest BCUT2D eigenvalue weighted by Gasteiger charge is 2.51. The minimum absolute atomic E-state index is 0.0816. The predicted molar refractivity (Wildman–Crippen MR) is 92.4 cm³/mol. The molecule has 22 heavy (non-hydrogen) atoms. The molecule has 0 amide bonds. The van der Waals surface area contributed by atoms with E-state index in [2.05, 4.69) is 35.1 Å². The Morgan fingerprint density at radius 1 is 1.23 bits per heavy atom. The van der Waals surface area contributed by atoms with Crippen LogP contribution in [0.3, 0.4) is 0 Å². The molecule has 0 bridgehead atoms. The van der Waals surface area contributed by atoms with E-state index in [1.165, 1.54) is 0 Å². The molecule has 0 saturated carbocycles. The average Bonchev–Trinajstić information content (AvgIpc) is 2.98. The molecule has 0 aliphatic carbocycles. The number of thioether (sulfide) groups is 1. The molecule has 1 aromatic carbocycles. The first-order chi connectivity index (χ1) is 10.6. The number of nitrogens with one attached hydrogen (secondary N) is 1. The summed E-state index contributed by atoms with van der Waals surface area (Å²) in [6, 6.07) is 12.4. The fourth-order valence-electron chi connectivity index (χ4n) is 3.13. The van der Waals surface area contributed by atoms with Crippen molar-refractivity contribution >= 4 is 22.8 Å². The van der Waals surface area contributed by atoms with Crippen molar-refractivity contribution < 1.29 is 0 Å². The van der Waals surface area contributed by atoms with Gasteiger partial charge in [-0.05, 0) is 11.6 Å². The molecule has 1 saturated heterocycles. The number of H-pyrrole nitrogens is 1. The number of rotatable bonds is 2. The molecule has 112 valence electrons. The maximum absolute atomic E-state index is 6.62. The van der Waals surface area contributed by atoms with Crippen LogP contribution in [0, 0.1) is 0 Å². The second kappa shape index (κ2) is 4.84. The van der Waals surface area contributed by atoms with Gasteiger partial charge in [-0.3, -0.25) is 0 Å². The SMILES string of the molecule is CC1SC(N)[C@]1(N)c1c[nH]c2ncc(-c3ccccc3)cc12. The van der Waals surface area contributed by atoms with E-state index in [1.807, 2.05) is 30.6 Å². The lowest BCUT2D eigenvalue weighted by Crippen LogP contribution is -2.65. The summed E-state index contributed by atoms with van der Waals surface area (Å²) in [5, 5.41) is 1.27. The van der Waals surface area contributed by atoms with Crippen LogP contribution >= 0.6 is 11.8 Å². The zero-order valence-electron chi connectivity index (χ0n) is 12.3. The number of aromatic nitrogens is 2. The van der Waals surface area contributed by atoms with Crippen LogP contribution in [0.5, 0.6) is 0 Å².